The number of carbonyl (C=O) groups is 9. The number of carbonyl (C=O) groups excluding carboxylic acids is 7. The molecular formula is C32H56N10O13. The van der Waals surface area contributed by atoms with Crippen molar-refractivity contribution >= 4 is 59.2 Å². The van der Waals surface area contributed by atoms with E-state index in [0.29, 0.717) is 0 Å². The highest BCUT2D eigenvalue weighted by molar-refractivity contribution is 5.95. The maximum atomic E-state index is 13.4. The minimum absolute atomic E-state index is 0.00984. The van der Waals surface area contributed by atoms with Gasteiger partial charge in [-0.25, -0.2) is 9.59 Å². The summed E-state index contributed by atoms with van der Waals surface area (Å²) < 4.78 is 0. The van der Waals surface area contributed by atoms with Crippen LogP contribution >= 0.6 is 0 Å². The number of nitrogens with two attached hydrogens (primary N) is 2. The molecule has 0 saturated carbocycles. The van der Waals surface area contributed by atoms with E-state index < -0.39 is 115 Å². The van der Waals surface area contributed by atoms with Crippen LogP contribution in [0.25, 0.3) is 0 Å². The van der Waals surface area contributed by atoms with E-state index in [9.17, 15) is 58.5 Å². The molecule has 0 heterocycles. The first-order valence-electron chi connectivity index (χ1n) is 17.4. The summed E-state index contributed by atoms with van der Waals surface area (Å²) in [5, 5.41) is 54.5. The number of aliphatic hydroxyl groups is 2. The van der Waals surface area contributed by atoms with Crippen LogP contribution in [0.1, 0.15) is 66.2 Å². The van der Waals surface area contributed by atoms with Crippen LogP contribution in [-0.4, -0.2) is 143 Å². The standard InChI is InChI=1S/C32H56N10O13/c1-15(2)11-20(40-27(49)17(4)37-25(47)14-44)29(51)41-21(31(54)55)12-24(46)38-18(7-6-10-36-32(33)34)28(50)42-22(13-43)16(3)26(48)39-19(30(52)53)8-9-23(45)35-5/h15-22,43-44H,6-14H2,1-5H3,(H,35,45)(H,37,47)(H,38,46)(H,39,48)(H,40,49)(H,41,51)(H,42,50)(H,52,53)(H,54,55)(H4,33,34,36)/t16-,17+,18-,19+,20-,21+,22-/m0/s1. The second-order valence-electron chi connectivity index (χ2n) is 13.0. The summed E-state index contributed by atoms with van der Waals surface area (Å²) in [5.41, 5.74) is 10.7. The molecule has 0 bridgehead atoms. The van der Waals surface area contributed by atoms with Crippen molar-refractivity contribution < 1.29 is 63.6 Å². The second kappa shape index (κ2) is 25.4. The summed E-state index contributed by atoms with van der Waals surface area (Å²) in [7, 11) is 1.36. The highest BCUT2D eigenvalue weighted by Crippen LogP contribution is 2.10. The van der Waals surface area contributed by atoms with E-state index in [2.05, 4.69) is 42.2 Å². The zero-order chi connectivity index (χ0) is 42.4. The summed E-state index contributed by atoms with van der Waals surface area (Å²) in [6.45, 7) is 4.36. The van der Waals surface area contributed by atoms with Gasteiger partial charge in [0.2, 0.25) is 41.4 Å². The lowest BCUT2D eigenvalue weighted by atomic mass is 9.99. The van der Waals surface area contributed by atoms with Crippen molar-refractivity contribution in [3.63, 3.8) is 0 Å². The maximum absolute atomic E-state index is 13.4. The monoisotopic (exact) mass is 788 g/mol. The van der Waals surface area contributed by atoms with Crippen LogP contribution in [0.3, 0.4) is 0 Å². The predicted molar refractivity (Wildman–Crippen MR) is 193 cm³/mol. The van der Waals surface area contributed by atoms with Gasteiger partial charge < -0.3 is 69.1 Å². The van der Waals surface area contributed by atoms with Gasteiger partial charge in [-0.2, -0.15) is 0 Å². The van der Waals surface area contributed by atoms with E-state index in [1.807, 2.05) is 0 Å². The molecule has 0 aromatic rings. The van der Waals surface area contributed by atoms with Crippen molar-refractivity contribution in [1.29, 1.82) is 0 Å². The fourth-order valence-corrected chi connectivity index (χ4v) is 4.79. The van der Waals surface area contributed by atoms with Crippen molar-refractivity contribution in [2.45, 2.75) is 102 Å². The Bertz CT molecular complexity index is 1390. The molecule has 7 amide bonds. The average molecular weight is 789 g/mol. The number of guanidine groups is 1. The van der Waals surface area contributed by atoms with Crippen LogP contribution < -0.4 is 48.7 Å². The zero-order valence-corrected chi connectivity index (χ0v) is 31.5. The van der Waals surface area contributed by atoms with Crippen LogP contribution in [0.4, 0.5) is 0 Å². The van der Waals surface area contributed by atoms with E-state index in [1.54, 1.807) is 13.8 Å². The van der Waals surface area contributed by atoms with Crippen molar-refractivity contribution in [3.8, 4) is 0 Å². The summed E-state index contributed by atoms with van der Waals surface area (Å²) in [4.78, 5) is 116. The molecule has 0 aliphatic heterocycles. The number of hydrogen-bond acceptors (Lipinski definition) is 12. The fraction of sp³-hybridized carbons (Fsp3) is 0.688. The molecule has 0 aromatic carbocycles. The Morgan fingerprint density at radius 1 is 0.636 bits per heavy atom. The highest BCUT2D eigenvalue weighted by atomic mass is 16.4. The van der Waals surface area contributed by atoms with Crippen LogP contribution in [-0.2, 0) is 43.2 Å². The molecule has 312 valence electrons. The molecule has 0 unspecified atom stereocenters. The van der Waals surface area contributed by atoms with Crippen molar-refractivity contribution in [1.82, 2.24) is 37.2 Å². The lowest BCUT2D eigenvalue weighted by Gasteiger charge is -2.27. The number of amides is 7. The highest BCUT2D eigenvalue weighted by Gasteiger charge is 2.33. The maximum Gasteiger partial charge on any atom is 0.326 e. The third-order valence-corrected chi connectivity index (χ3v) is 7.95. The quantitative estimate of drug-likeness (QED) is 0.0221. The number of rotatable bonds is 26. The fourth-order valence-electron chi connectivity index (χ4n) is 4.79. The SMILES string of the molecule is CNC(=O)CC[C@@H](NC(=O)[C@@H](C)[C@H](CO)NC(=O)[C@H](CCCN=C(N)N)NC(=O)C[C@@H](NC(=O)[C@H](CC(C)C)NC(=O)[C@@H](C)NC(=O)CO)C(=O)O)C(=O)O. The Labute approximate surface area is 317 Å². The first-order valence-corrected chi connectivity index (χ1v) is 17.4. The molecule has 55 heavy (non-hydrogen) atoms. The van der Waals surface area contributed by atoms with Crippen molar-refractivity contribution in [3.05, 3.63) is 0 Å². The second-order valence-corrected chi connectivity index (χ2v) is 13.0. The Morgan fingerprint density at radius 3 is 1.71 bits per heavy atom. The minimum Gasteiger partial charge on any atom is -0.480 e. The summed E-state index contributed by atoms with van der Waals surface area (Å²) in [5.74, 6) is -10.6. The van der Waals surface area contributed by atoms with Gasteiger partial charge in [-0.15, -0.1) is 0 Å². The third-order valence-electron chi connectivity index (χ3n) is 7.95. The lowest BCUT2D eigenvalue weighted by Crippen LogP contribution is -2.57. The van der Waals surface area contributed by atoms with Gasteiger partial charge in [0.05, 0.1) is 25.0 Å². The minimum atomic E-state index is -1.85. The summed E-state index contributed by atoms with van der Waals surface area (Å²) >= 11 is 0. The number of hydrogen-bond donors (Lipinski definition) is 13. The molecule has 0 aliphatic rings. The van der Waals surface area contributed by atoms with E-state index in [-0.39, 0.29) is 50.5 Å². The van der Waals surface area contributed by atoms with E-state index in [0.717, 1.165) is 0 Å². The topological polar surface area (TPSA) is 383 Å². The van der Waals surface area contributed by atoms with Gasteiger partial charge in [-0.3, -0.25) is 38.6 Å². The first-order chi connectivity index (χ1) is 25.7. The third kappa shape index (κ3) is 19.9. The molecular weight excluding hydrogens is 732 g/mol. The number of aliphatic hydroxyl groups excluding tert-OH is 2. The van der Waals surface area contributed by atoms with Gasteiger partial charge in [-0.05, 0) is 38.5 Å². The van der Waals surface area contributed by atoms with Crippen LogP contribution in [0, 0.1) is 11.8 Å². The van der Waals surface area contributed by atoms with E-state index >= 15 is 0 Å². The Balaban J connectivity index is 5.97. The van der Waals surface area contributed by atoms with Crippen LogP contribution in [0.15, 0.2) is 4.99 Å². The predicted octanol–water partition coefficient (Wildman–Crippen LogP) is -5.28. The molecule has 0 aliphatic carbocycles. The molecule has 0 spiro atoms. The first kappa shape index (κ1) is 49.4. The zero-order valence-electron chi connectivity index (χ0n) is 31.5. The van der Waals surface area contributed by atoms with Crippen LogP contribution in [0.2, 0.25) is 0 Å². The van der Waals surface area contributed by atoms with Gasteiger partial charge in [0, 0.05) is 20.0 Å². The molecule has 0 rings (SSSR count). The van der Waals surface area contributed by atoms with Crippen molar-refractivity contribution in [2.24, 2.45) is 28.3 Å². The largest absolute Gasteiger partial charge is 0.480 e. The molecule has 0 aromatic heterocycles. The number of carboxylic acid groups (broad SMARTS) is 2. The Hall–Kier alpha value is -5.58. The Morgan fingerprint density at radius 2 is 1.20 bits per heavy atom. The van der Waals surface area contributed by atoms with Gasteiger partial charge in [-0.1, -0.05) is 20.8 Å². The smallest absolute Gasteiger partial charge is 0.326 e. The molecule has 23 heteroatoms. The molecule has 0 saturated heterocycles. The number of carboxylic acids is 2. The van der Waals surface area contributed by atoms with E-state index in [4.69, 9.17) is 16.6 Å². The number of aliphatic carboxylic acids is 2. The normalized spacial score (nSPS) is 14.6. The number of nitrogens with zero attached hydrogens (tertiary/aromatic N) is 1. The lowest BCUT2D eigenvalue weighted by molar-refractivity contribution is -0.144. The molecule has 7 atom stereocenters. The number of aliphatic imine (C=N–C) groups is 1. The van der Waals surface area contributed by atoms with Gasteiger partial charge in [0.1, 0.15) is 36.8 Å². The van der Waals surface area contributed by atoms with Crippen LogP contribution in [0.5, 0.6) is 0 Å². The summed E-state index contributed by atoms with van der Waals surface area (Å²) in [6.07, 6.45) is -1.34. The van der Waals surface area contributed by atoms with Crippen molar-refractivity contribution in [2.75, 3.05) is 26.8 Å². The summed E-state index contributed by atoms with van der Waals surface area (Å²) in [6, 6.07) is -8.50. The molecule has 0 fully saturated rings. The molecule has 15 N–H and O–H groups in total. The average Bonchev–Trinajstić information content (AvgIpc) is 3.11. The van der Waals surface area contributed by atoms with Gasteiger partial charge in [0.15, 0.2) is 5.96 Å². The molecule has 0 radical (unpaired) electrons. The number of nitrogens with one attached hydrogen (secondary N) is 7. The molecule has 23 nitrogen and oxygen atoms in total. The Kier molecular flexibility index (Phi) is 22.9. The van der Waals surface area contributed by atoms with E-state index in [1.165, 1.54) is 20.9 Å². The van der Waals surface area contributed by atoms with Gasteiger partial charge >= 0.3 is 11.9 Å². The van der Waals surface area contributed by atoms with Gasteiger partial charge in [0.25, 0.3) is 0 Å².